The van der Waals surface area contributed by atoms with E-state index in [9.17, 15) is 9.59 Å². The second-order valence-corrected chi connectivity index (χ2v) is 10.3. The van der Waals surface area contributed by atoms with Crippen LogP contribution >= 0.6 is 11.6 Å². The molecular weight excluding hydrogens is 424 g/mol. The molecule has 6 heteroatoms. The van der Waals surface area contributed by atoms with Gasteiger partial charge in [0.1, 0.15) is 0 Å². The van der Waals surface area contributed by atoms with E-state index in [1.807, 2.05) is 25.1 Å². The van der Waals surface area contributed by atoms with Gasteiger partial charge >= 0.3 is 5.97 Å². The van der Waals surface area contributed by atoms with Gasteiger partial charge in [0.15, 0.2) is 0 Å². The molecule has 4 rings (SSSR count). The van der Waals surface area contributed by atoms with E-state index in [0.717, 1.165) is 29.8 Å². The molecule has 32 heavy (non-hydrogen) atoms. The predicted molar refractivity (Wildman–Crippen MR) is 127 cm³/mol. The molecule has 2 aliphatic rings. The minimum Gasteiger partial charge on any atom is -0.326 e. The van der Waals surface area contributed by atoms with Gasteiger partial charge < -0.3 is 10.2 Å². The third kappa shape index (κ3) is 3.25. The predicted octanol–water partition coefficient (Wildman–Crippen LogP) is 6.32. The average Bonchev–Trinajstić information content (AvgIpc) is 3.05. The van der Waals surface area contributed by atoms with Gasteiger partial charge in [0.2, 0.25) is 5.91 Å². The number of nitrogens with one attached hydrogen (secondary N) is 1. The van der Waals surface area contributed by atoms with E-state index in [4.69, 9.17) is 16.4 Å². The largest absolute Gasteiger partial charge is 0.367 e. The summed E-state index contributed by atoms with van der Waals surface area (Å²) in [6, 6.07) is 12.7. The molecule has 0 aliphatic heterocycles. The fraction of sp³-hybridized carbons (Fsp3) is 0.423. The van der Waals surface area contributed by atoms with E-state index in [1.54, 1.807) is 24.3 Å². The molecular formula is C26H29ClN2O3. The molecule has 0 aromatic heterocycles. The van der Waals surface area contributed by atoms with Crippen LogP contribution in [0.15, 0.2) is 47.6 Å². The summed E-state index contributed by atoms with van der Waals surface area (Å²) in [5.74, 6) is -0.599. The van der Waals surface area contributed by atoms with Crippen molar-refractivity contribution in [3.8, 4) is 0 Å². The number of carbonyl (C=O) groups is 2. The number of carbonyl (C=O) groups excluding carboxylic acids is 2. The van der Waals surface area contributed by atoms with Crippen LogP contribution in [0, 0.1) is 30.1 Å². The molecule has 2 bridgehead atoms. The Bertz CT molecular complexity index is 1140. The Morgan fingerprint density at radius 2 is 1.75 bits per heavy atom. The van der Waals surface area contributed by atoms with Crippen molar-refractivity contribution < 1.29 is 14.4 Å². The monoisotopic (exact) mass is 452 g/mol. The molecule has 168 valence electrons. The van der Waals surface area contributed by atoms with Gasteiger partial charge in [-0.1, -0.05) is 55.7 Å². The fourth-order valence-electron chi connectivity index (χ4n) is 5.36. The molecule has 1 amide bonds. The van der Waals surface area contributed by atoms with E-state index >= 15 is 0 Å². The first kappa shape index (κ1) is 22.5. The van der Waals surface area contributed by atoms with Crippen LogP contribution in [-0.4, -0.2) is 17.6 Å². The van der Waals surface area contributed by atoms with Crippen LogP contribution < -0.4 is 5.32 Å². The molecule has 2 saturated carbocycles. The van der Waals surface area contributed by atoms with E-state index < -0.39 is 11.4 Å². The van der Waals surface area contributed by atoms with Crippen molar-refractivity contribution >= 4 is 34.9 Å². The molecule has 1 N–H and O–H groups in total. The molecule has 0 heterocycles. The fourth-order valence-corrected chi connectivity index (χ4v) is 5.58. The molecule has 0 saturated heterocycles. The molecule has 2 aliphatic carbocycles. The lowest BCUT2D eigenvalue weighted by atomic mass is 9.64. The van der Waals surface area contributed by atoms with Gasteiger partial charge in [0.25, 0.3) is 0 Å². The Labute approximate surface area is 194 Å². The van der Waals surface area contributed by atoms with E-state index in [2.05, 4.69) is 38.2 Å². The molecule has 2 aromatic rings. The number of aryl methyl sites for hydroxylation is 2. The van der Waals surface area contributed by atoms with Gasteiger partial charge in [0, 0.05) is 17.5 Å². The van der Waals surface area contributed by atoms with E-state index in [0.29, 0.717) is 11.4 Å². The number of fused-ring (bicyclic) bond motifs is 2. The van der Waals surface area contributed by atoms with Crippen molar-refractivity contribution in [3.63, 3.8) is 0 Å². The zero-order chi connectivity index (χ0) is 23.3. The van der Waals surface area contributed by atoms with Crippen molar-refractivity contribution in [3.05, 3.63) is 64.2 Å². The Balaban J connectivity index is 1.60. The number of hydrogen-bond acceptors (Lipinski definition) is 4. The van der Waals surface area contributed by atoms with E-state index in [-0.39, 0.29) is 22.3 Å². The molecule has 0 radical (unpaired) electrons. The number of rotatable bonds is 4. The molecule has 2 fully saturated rings. The second-order valence-electron chi connectivity index (χ2n) is 9.87. The Morgan fingerprint density at radius 1 is 1.03 bits per heavy atom. The summed E-state index contributed by atoms with van der Waals surface area (Å²) in [5, 5.41) is 7.74. The highest BCUT2D eigenvalue weighted by Gasteiger charge is 2.71. The SMILES string of the molecule is Cc1ccc(NC(=O)C23CCC(C)(C(=NOC(=O)c4ccccc4Cl)C2)C3(C)C)cc1C. The highest BCUT2D eigenvalue weighted by Crippen LogP contribution is 2.71. The minimum absolute atomic E-state index is 0.00268. The van der Waals surface area contributed by atoms with Crippen LogP contribution in [0.3, 0.4) is 0 Å². The van der Waals surface area contributed by atoms with Crippen LogP contribution in [0.25, 0.3) is 0 Å². The van der Waals surface area contributed by atoms with Crippen molar-refractivity contribution in [2.75, 3.05) is 5.32 Å². The summed E-state index contributed by atoms with van der Waals surface area (Å²) in [6.45, 7) is 10.5. The van der Waals surface area contributed by atoms with Gasteiger partial charge in [0.05, 0.1) is 21.7 Å². The van der Waals surface area contributed by atoms with Crippen molar-refractivity contribution in [2.24, 2.45) is 21.4 Å². The smallest absolute Gasteiger partial charge is 0.326 e. The highest BCUT2D eigenvalue weighted by molar-refractivity contribution is 6.33. The van der Waals surface area contributed by atoms with Crippen LogP contribution in [0.4, 0.5) is 5.69 Å². The first-order valence-corrected chi connectivity index (χ1v) is 11.3. The summed E-state index contributed by atoms with van der Waals surface area (Å²) in [5.41, 5.74) is 2.84. The molecule has 2 unspecified atom stereocenters. The zero-order valence-electron chi connectivity index (χ0n) is 19.2. The number of amides is 1. The van der Waals surface area contributed by atoms with Crippen LogP contribution in [-0.2, 0) is 9.63 Å². The molecule has 5 nitrogen and oxygen atoms in total. The summed E-state index contributed by atoms with van der Waals surface area (Å²) in [6.07, 6.45) is 2.04. The second kappa shape index (κ2) is 7.73. The van der Waals surface area contributed by atoms with Crippen molar-refractivity contribution in [1.82, 2.24) is 0 Å². The number of anilines is 1. The van der Waals surface area contributed by atoms with Gasteiger partial charge in [-0.2, -0.15) is 0 Å². The maximum atomic E-state index is 13.6. The molecule has 2 atom stereocenters. The van der Waals surface area contributed by atoms with E-state index in [1.165, 1.54) is 5.56 Å². The van der Waals surface area contributed by atoms with Crippen LogP contribution in [0.1, 0.15) is 61.5 Å². The Kier molecular flexibility index (Phi) is 5.44. The molecule has 2 aromatic carbocycles. The third-order valence-corrected chi connectivity index (χ3v) is 8.60. The lowest BCUT2D eigenvalue weighted by Gasteiger charge is -2.39. The maximum absolute atomic E-state index is 13.6. The number of hydrogen-bond donors (Lipinski definition) is 1. The number of benzene rings is 2. The number of halogens is 1. The highest BCUT2D eigenvalue weighted by atomic mass is 35.5. The Morgan fingerprint density at radius 3 is 2.44 bits per heavy atom. The Hall–Kier alpha value is -2.66. The summed E-state index contributed by atoms with van der Waals surface area (Å²) >= 11 is 6.11. The van der Waals surface area contributed by atoms with Gasteiger partial charge in [-0.25, -0.2) is 4.79 Å². The quantitative estimate of drug-likeness (QED) is 0.435. The van der Waals surface area contributed by atoms with Crippen molar-refractivity contribution in [2.45, 2.75) is 53.9 Å². The zero-order valence-corrected chi connectivity index (χ0v) is 20.0. The number of oxime groups is 1. The topological polar surface area (TPSA) is 67.8 Å². The summed E-state index contributed by atoms with van der Waals surface area (Å²) in [7, 11) is 0. The lowest BCUT2D eigenvalue weighted by Crippen LogP contribution is -2.43. The van der Waals surface area contributed by atoms with Crippen LogP contribution in [0.2, 0.25) is 5.02 Å². The maximum Gasteiger partial charge on any atom is 0.367 e. The first-order valence-electron chi connectivity index (χ1n) is 10.9. The van der Waals surface area contributed by atoms with Gasteiger partial charge in [-0.3, -0.25) is 4.79 Å². The normalized spacial score (nSPS) is 26.9. The van der Waals surface area contributed by atoms with Gasteiger partial charge in [-0.15, -0.1) is 0 Å². The summed E-state index contributed by atoms with van der Waals surface area (Å²) in [4.78, 5) is 31.4. The first-order chi connectivity index (χ1) is 15.0. The summed E-state index contributed by atoms with van der Waals surface area (Å²) < 4.78 is 0. The number of nitrogens with zero attached hydrogens (tertiary/aromatic N) is 1. The lowest BCUT2D eigenvalue weighted by molar-refractivity contribution is -0.130. The van der Waals surface area contributed by atoms with Crippen molar-refractivity contribution in [1.29, 1.82) is 0 Å². The minimum atomic E-state index is -0.615. The third-order valence-electron chi connectivity index (χ3n) is 8.27. The molecule has 0 spiro atoms. The average molecular weight is 453 g/mol. The van der Waals surface area contributed by atoms with Gasteiger partial charge in [-0.05, 0) is 67.5 Å². The van der Waals surface area contributed by atoms with Crippen LogP contribution in [0.5, 0.6) is 0 Å². The standard InChI is InChI=1S/C26H29ClN2O3/c1-16-10-11-18(14-17(16)2)28-23(31)26-13-12-25(5,24(26,3)4)21(15-26)29-32-22(30)19-8-6-7-9-20(19)27/h6-11,14H,12-13,15H2,1-5H3,(H,28,31).